The van der Waals surface area contributed by atoms with Crippen molar-refractivity contribution in [3.05, 3.63) is 74.1 Å². The number of hydrogen-bond donors (Lipinski definition) is 2. The highest BCUT2D eigenvalue weighted by atomic mass is 16.6. The fourth-order valence-electron chi connectivity index (χ4n) is 2.47. The summed E-state index contributed by atoms with van der Waals surface area (Å²) in [5, 5.41) is 24.6. The van der Waals surface area contributed by atoms with Crippen molar-refractivity contribution in [3.8, 4) is 5.75 Å². The summed E-state index contributed by atoms with van der Waals surface area (Å²) >= 11 is 0. The fraction of sp³-hybridized carbons (Fsp3) is 0.118. The van der Waals surface area contributed by atoms with Gasteiger partial charge in [-0.15, -0.1) is 0 Å². The number of nitro benzene ring substituents is 1. The molecule has 0 spiro atoms. The first-order valence-electron chi connectivity index (χ1n) is 7.19. The van der Waals surface area contributed by atoms with Gasteiger partial charge in [0.25, 0.3) is 5.69 Å². The molecule has 0 radical (unpaired) electrons. The Morgan fingerprint density at radius 3 is 2.79 bits per heavy atom. The minimum atomic E-state index is -0.475. The number of non-ortho nitro benzene ring substituents is 1. The third-order valence-electron chi connectivity index (χ3n) is 3.67. The van der Waals surface area contributed by atoms with Crippen LogP contribution in [0.5, 0.6) is 5.75 Å². The third kappa shape index (κ3) is 3.05. The monoisotopic (exact) mass is 326 g/mol. The van der Waals surface area contributed by atoms with Crippen LogP contribution in [0, 0.1) is 17.0 Å². The van der Waals surface area contributed by atoms with Gasteiger partial charge in [-0.2, -0.15) is 0 Å². The minimum Gasteiger partial charge on any atom is -0.506 e. The Balaban J connectivity index is 1.90. The quantitative estimate of drug-likeness (QED) is 0.330. The van der Waals surface area contributed by atoms with Crippen molar-refractivity contribution in [1.82, 2.24) is 0 Å². The van der Waals surface area contributed by atoms with E-state index in [1.54, 1.807) is 25.1 Å². The van der Waals surface area contributed by atoms with Gasteiger partial charge < -0.3 is 14.8 Å². The van der Waals surface area contributed by atoms with E-state index in [9.17, 15) is 20.0 Å². The summed E-state index contributed by atoms with van der Waals surface area (Å²) in [5.74, 6) is -0.0679. The number of nitrogens with one attached hydrogen (secondary N) is 1. The van der Waals surface area contributed by atoms with Crippen LogP contribution in [0.1, 0.15) is 11.1 Å². The number of nitro groups is 1. The smallest absolute Gasteiger partial charge is 0.336 e. The molecule has 0 saturated carbocycles. The van der Waals surface area contributed by atoms with Gasteiger partial charge in [0.05, 0.1) is 10.6 Å². The average Bonchev–Trinajstić information content (AvgIpc) is 2.53. The lowest BCUT2D eigenvalue weighted by molar-refractivity contribution is -0.384. The number of aromatic hydroxyl groups is 1. The van der Waals surface area contributed by atoms with E-state index in [2.05, 4.69) is 5.32 Å². The Hall–Kier alpha value is -3.35. The maximum Gasteiger partial charge on any atom is 0.336 e. The summed E-state index contributed by atoms with van der Waals surface area (Å²) in [6.07, 6.45) is 0. The molecule has 3 aromatic rings. The number of anilines is 1. The normalized spacial score (nSPS) is 10.7. The van der Waals surface area contributed by atoms with Crippen LogP contribution in [0.2, 0.25) is 0 Å². The molecule has 122 valence electrons. The number of phenolic OH excluding ortho intramolecular Hbond substituents is 1. The van der Waals surface area contributed by atoms with E-state index < -0.39 is 10.5 Å². The molecule has 0 fully saturated rings. The van der Waals surface area contributed by atoms with Gasteiger partial charge >= 0.3 is 5.63 Å². The van der Waals surface area contributed by atoms with Gasteiger partial charge in [0.2, 0.25) is 0 Å². The largest absolute Gasteiger partial charge is 0.506 e. The fourth-order valence-corrected chi connectivity index (χ4v) is 2.47. The van der Waals surface area contributed by atoms with E-state index in [0.29, 0.717) is 28.8 Å². The van der Waals surface area contributed by atoms with Crippen molar-refractivity contribution in [1.29, 1.82) is 0 Å². The Labute approximate surface area is 136 Å². The van der Waals surface area contributed by atoms with Gasteiger partial charge in [0.1, 0.15) is 11.3 Å². The van der Waals surface area contributed by atoms with Crippen LogP contribution in [0.3, 0.4) is 0 Å². The van der Waals surface area contributed by atoms with E-state index in [-0.39, 0.29) is 11.4 Å². The molecule has 3 rings (SSSR count). The van der Waals surface area contributed by atoms with Crippen molar-refractivity contribution >= 4 is 22.3 Å². The van der Waals surface area contributed by atoms with Crippen molar-refractivity contribution in [2.45, 2.75) is 13.5 Å². The van der Waals surface area contributed by atoms with E-state index in [0.717, 1.165) is 5.56 Å². The van der Waals surface area contributed by atoms with Crippen molar-refractivity contribution in [3.63, 3.8) is 0 Å². The molecule has 0 bridgehead atoms. The highest BCUT2D eigenvalue weighted by Gasteiger charge is 2.10. The molecule has 1 heterocycles. The minimum absolute atomic E-state index is 0.00894. The topological polar surface area (TPSA) is 106 Å². The maximum atomic E-state index is 11.4. The summed E-state index contributed by atoms with van der Waals surface area (Å²) in [7, 11) is 0. The second-order valence-electron chi connectivity index (χ2n) is 5.39. The number of benzene rings is 2. The molecule has 0 unspecified atom stereocenters. The maximum absolute atomic E-state index is 11.4. The number of nitrogens with zero attached hydrogens (tertiary/aromatic N) is 1. The number of aryl methyl sites for hydroxylation is 1. The number of phenols is 1. The number of fused-ring (bicyclic) bond motifs is 1. The predicted octanol–water partition coefficient (Wildman–Crippen LogP) is 3.33. The zero-order chi connectivity index (χ0) is 17.3. The lowest BCUT2D eigenvalue weighted by Gasteiger charge is -2.10. The van der Waals surface area contributed by atoms with Gasteiger partial charge in [-0.1, -0.05) is 12.1 Å². The molecule has 1 aromatic heterocycles. The highest BCUT2D eigenvalue weighted by Crippen LogP contribution is 2.30. The summed E-state index contributed by atoms with van der Waals surface area (Å²) in [6.45, 7) is 2.08. The van der Waals surface area contributed by atoms with Crippen LogP contribution >= 0.6 is 0 Å². The first kappa shape index (κ1) is 15.5. The van der Waals surface area contributed by atoms with E-state index in [1.165, 1.54) is 24.3 Å². The lowest BCUT2D eigenvalue weighted by Crippen LogP contribution is -2.02. The molecule has 7 heteroatoms. The van der Waals surface area contributed by atoms with Crippen LogP contribution in [0.15, 0.2) is 51.7 Å². The molecule has 0 atom stereocenters. The first-order valence-corrected chi connectivity index (χ1v) is 7.19. The summed E-state index contributed by atoms with van der Waals surface area (Å²) in [6, 6.07) is 10.7. The van der Waals surface area contributed by atoms with Gasteiger partial charge in [-0.3, -0.25) is 10.1 Å². The number of rotatable bonds is 4. The molecule has 2 N–H and O–H groups in total. The second kappa shape index (κ2) is 6.04. The predicted molar refractivity (Wildman–Crippen MR) is 89.3 cm³/mol. The highest BCUT2D eigenvalue weighted by molar-refractivity contribution is 5.86. The van der Waals surface area contributed by atoms with Crippen LogP contribution in [0.25, 0.3) is 11.0 Å². The average molecular weight is 326 g/mol. The molecular weight excluding hydrogens is 312 g/mol. The third-order valence-corrected chi connectivity index (χ3v) is 3.67. The van der Waals surface area contributed by atoms with Gasteiger partial charge in [0, 0.05) is 36.2 Å². The van der Waals surface area contributed by atoms with E-state index >= 15 is 0 Å². The van der Waals surface area contributed by atoms with E-state index in [4.69, 9.17) is 4.42 Å². The van der Waals surface area contributed by atoms with Crippen LogP contribution in [-0.2, 0) is 6.54 Å². The van der Waals surface area contributed by atoms with E-state index in [1.807, 2.05) is 0 Å². The summed E-state index contributed by atoms with van der Waals surface area (Å²) in [4.78, 5) is 21.7. The Morgan fingerprint density at radius 2 is 2.04 bits per heavy atom. The molecular formula is C17H14N2O5. The molecule has 0 saturated heterocycles. The molecule has 0 aliphatic carbocycles. The Bertz CT molecular complexity index is 994. The summed E-state index contributed by atoms with van der Waals surface area (Å²) < 4.78 is 5.06. The van der Waals surface area contributed by atoms with Crippen LogP contribution < -0.4 is 10.9 Å². The SMILES string of the molecule is Cc1cc(=O)oc2cc(O)c(NCc3cccc([N+](=O)[O-])c3)cc12. The molecule has 2 aromatic carbocycles. The molecule has 7 nitrogen and oxygen atoms in total. The van der Waals surface area contributed by atoms with Gasteiger partial charge in [-0.25, -0.2) is 4.79 Å². The number of hydrogen-bond acceptors (Lipinski definition) is 6. The molecule has 24 heavy (non-hydrogen) atoms. The molecule has 0 aliphatic rings. The Morgan fingerprint density at radius 1 is 1.25 bits per heavy atom. The first-order chi connectivity index (χ1) is 11.4. The zero-order valence-corrected chi connectivity index (χ0v) is 12.8. The van der Waals surface area contributed by atoms with Crippen LogP contribution in [-0.4, -0.2) is 10.0 Å². The second-order valence-corrected chi connectivity index (χ2v) is 5.39. The van der Waals surface area contributed by atoms with Crippen molar-refractivity contribution in [2.75, 3.05) is 5.32 Å². The Kier molecular flexibility index (Phi) is 3.91. The van der Waals surface area contributed by atoms with Gasteiger partial charge in [-0.05, 0) is 24.1 Å². The lowest BCUT2D eigenvalue weighted by atomic mass is 10.1. The van der Waals surface area contributed by atoms with Gasteiger partial charge in [0.15, 0.2) is 0 Å². The standard InChI is InChI=1S/C17H14N2O5/c1-10-5-17(21)24-16-8-15(20)14(7-13(10)16)18-9-11-3-2-4-12(6-11)19(22)23/h2-8,18,20H,9H2,1H3. The zero-order valence-electron chi connectivity index (χ0n) is 12.8. The summed E-state index contributed by atoms with van der Waals surface area (Å²) in [5.41, 5.74) is 1.73. The van der Waals surface area contributed by atoms with Crippen LogP contribution in [0.4, 0.5) is 11.4 Å². The molecule has 0 aliphatic heterocycles. The van der Waals surface area contributed by atoms with Crippen molar-refractivity contribution in [2.24, 2.45) is 0 Å². The van der Waals surface area contributed by atoms with Crippen molar-refractivity contribution < 1.29 is 14.4 Å². The molecule has 0 amide bonds.